The number of benzene rings is 11. The minimum absolute atomic E-state index is 0.876. The Kier molecular flexibility index (Phi) is 9.17. The van der Waals surface area contributed by atoms with Crippen LogP contribution in [0.1, 0.15) is 0 Å². The molecule has 0 aliphatic rings. The molecule has 0 unspecified atom stereocenters. The minimum Gasteiger partial charge on any atom is -0.456 e. The molecular formula is C64H41NO2. The van der Waals surface area contributed by atoms with Crippen molar-refractivity contribution in [3.05, 3.63) is 249 Å². The van der Waals surface area contributed by atoms with E-state index < -0.39 is 0 Å². The first-order valence-electron chi connectivity index (χ1n) is 22.8. The van der Waals surface area contributed by atoms with Crippen molar-refractivity contribution in [2.45, 2.75) is 0 Å². The first kappa shape index (κ1) is 38.5. The van der Waals surface area contributed by atoms with Crippen molar-refractivity contribution in [1.82, 2.24) is 0 Å². The second-order valence-corrected chi connectivity index (χ2v) is 17.2. The van der Waals surface area contributed by atoms with Gasteiger partial charge in [0.1, 0.15) is 22.3 Å². The average molecular weight is 856 g/mol. The van der Waals surface area contributed by atoms with Crippen LogP contribution in [-0.4, -0.2) is 0 Å². The summed E-state index contributed by atoms with van der Waals surface area (Å²) in [5.41, 5.74) is 18.3. The lowest BCUT2D eigenvalue weighted by Crippen LogP contribution is -2.11. The zero-order valence-electron chi connectivity index (χ0n) is 36.4. The first-order valence-corrected chi connectivity index (χ1v) is 22.8. The van der Waals surface area contributed by atoms with Gasteiger partial charge in [0, 0.05) is 38.5 Å². The van der Waals surface area contributed by atoms with E-state index in [2.05, 4.69) is 235 Å². The van der Waals surface area contributed by atoms with Gasteiger partial charge in [0.05, 0.1) is 5.69 Å². The highest BCUT2D eigenvalue weighted by atomic mass is 16.3. The van der Waals surface area contributed by atoms with Gasteiger partial charge in [0.25, 0.3) is 0 Å². The molecule has 314 valence electrons. The maximum absolute atomic E-state index is 6.44. The van der Waals surface area contributed by atoms with Gasteiger partial charge in [-0.2, -0.15) is 0 Å². The van der Waals surface area contributed by atoms with Gasteiger partial charge in [0.15, 0.2) is 0 Å². The SMILES string of the molecule is c1ccc(-c2ccc(-c3ccc(N(c4ccc(-c5cc(-c6ccc7c(c6)oc6ccccc67)c6ccc7oc8ccccc8c7c6c5)cc4)c4ccccc4-c4ccccc4)cc3)cc2)cc1. The Balaban J connectivity index is 0.940. The van der Waals surface area contributed by atoms with E-state index in [9.17, 15) is 0 Å². The second-order valence-electron chi connectivity index (χ2n) is 17.2. The molecule has 2 aromatic heterocycles. The van der Waals surface area contributed by atoms with E-state index >= 15 is 0 Å². The molecule has 0 N–H and O–H groups in total. The molecule has 13 rings (SSSR count). The summed E-state index contributed by atoms with van der Waals surface area (Å²) in [6.07, 6.45) is 0. The third kappa shape index (κ3) is 6.76. The van der Waals surface area contributed by atoms with Crippen molar-refractivity contribution < 1.29 is 8.83 Å². The number of furan rings is 2. The highest BCUT2D eigenvalue weighted by molar-refractivity contribution is 6.22. The van der Waals surface area contributed by atoms with E-state index in [0.29, 0.717) is 0 Å². The molecule has 0 atom stereocenters. The third-order valence-corrected chi connectivity index (χ3v) is 13.3. The van der Waals surface area contributed by atoms with Gasteiger partial charge in [-0.25, -0.2) is 0 Å². The molecule has 13 aromatic rings. The van der Waals surface area contributed by atoms with Gasteiger partial charge in [-0.05, 0) is 134 Å². The van der Waals surface area contributed by atoms with Gasteiger partial charge >= 0.3 is 0 Å². The molecule has 0 saturated carbocycles. The van der Waals surface area contributed by atoms with Crippen molar-refractivity contribution in [1.29, 1.82) is 0 Å². The van der Waals surface area contributed by atoms with Gasteiger partial charge in [-0.15, -0.1) is 0 Å². The normalized spacial score (nSPS) is 11.6. The molecule has 2 heterocycles. The molecule has 67 heavy (non-hydrogen) atoms. The van der Waals surface area contributed by atoms with Crippen LogP contribution >= 0.6 is 0 Å². The van der Waals surface area contributed by atoms with E-state index in [1.165, 1.54) is 22.3 Å². The Morgan fingerprint density at radius 2 is 0.716 bits per heavy atom. The lowest BCUT2D eigenvalue weighted by Gasteiger charge is -2.28. The Morgan fingerprint density at radius 1 is 0.239 bits per heavy atom. The van der Waals surface area contributed by atoms with Crippen molar-refractivity contribution in [3.8, 4) is 55.6 Å². The van der Waals surface area contributed by atoms with Crippen LogP contribution in [0.3, 0.4) is 0 Å². The average Bonchev–Trinajstić information content (AvgIpc) is 3.98. The largest absolute Gasteiger partial charge is 0.456 e. The fourth-order valence-corrected chi connectivity index (χ4v) is 10.0. The number of fused-ring (bicyclic) bond motifs is 8. The van der Waals surface area contributed by atoms with Crippen LogP contribution in [0.5, 0.6) is 0 Å². The van der Waals surface area contributed by atoms with Gasteiger partial charge < -0.3 is 13.7 Å². The fraction of sp³-hybridized carbons (Fsp3) is 0. The minimum atomic E-state index is 0.876. The quantitative estimate of drug-likeness (QED) is 0.152. The maximum atomic E-state index is 6.44. The van der Waals surface area contributed by atoms with Crippen molar-refractivity contribution in [3.63, 3.8) is 0 Å². The Labute approximate surface area is 388 Å². The smallest absolute Gasteiger partial charge is 0.136 e. The summed E-state index contributed by atoms with van der Waals surface area (Å²) in [5, 5.41) is 6.78. The number of rotatable bonds is 8. The summed E-state index contributed by atoms with van der Waals surface area (Å²) in [6.45, 7) is 0. The molecule has 3 heteroatoms. The molecule has 3 nitrogen and oxygen atoms in total. The number of hydrogen-bond acceptors (Lipinski definition) is 3. The van der Waals surface area contributed by atoms with Crippen LogP contribution in [0.25, 0.3) is 110 Å². The summed E-state index contributed by atoms with van der Waals surface area (Å²) in [7, 11) is 0. The number of anilines is 3. The molecular weight excluding hydrogens is 815 g/mol. The van der Waals surface area contributed by atoms with E-state index in [-0.39, 0.29) is 0 Å². The lowest BCUT2D eigenvalue weighted by atomic mass is 9.90. The molecule has 0 fully saturated rings. The zero-order chi connectivity index (χ0) is 44.3. The molecule has 0 aliphatic carbocycles. The number of hydrogen-bond donors (Lipinski definition) is 0. The summed E-state index contributed by atoms with van der Waals surface area (Å²) >= 11 is 0. The van der Waals surface area contributed by atoms with Gasteiger partial charge in [0.2, 0.25) is 0 Å². The molecule has 0 bridgehead atoms. The number of para-hydroxylation sites is 3. The Morgan fingerprint density at radius 3 is 1.40 bits per heavy atom. The molecule has 0 saturated heterocycles. The fourth-order valence-electron chi connectivity index (χ4n) is 10.0. The highest BCUT2D eigenvalue weighted by Crippen LogP contribution is 2.45. The van der Waals surface area contributed by atoms with Crippen LogP contribution in [0.4, 0.5) is 17.1 Å². The summed E-state index contributed by atoms with van der Waals surface area (Å²) in [5.74, 6) is 0. The van der Waals surface area contributed by atoms with Crippen LogP contribution in [0.15, 0.2) is 258 Å². The maximum Gasteiger partial charge on any atom is 0.136 e. The summed E-state index contributed by atoms with van der Waals surface area (Å²) < 4.78 is 12.9. The predicted octanol–water partition coefficient (Wildman–Crippen LogP) is 18.4. The van der Waals surface area contributed by atoms with E-state index in [0.717, 1.165) is 105 Å². The van der Waals surface area contributed by atoms with Crippen LogP contribution in [0.2, 0.25) is 0 Å². The first-order chi connectivity index (χ1) is 33.2. The zero-order valence-corrected chi connectivity index (χ0v) is 36.4. The number of nitrogens with zero attached hydrogens (tertiary/aromatic N) is 1. The molecule has 0 aliphatic heterocycles. The van der Waals surface area contributed by atoms with E-state index in [4.69, 9.17) is 8.83 Å². The Hall–Kier alpha value is -8.92. The van der Waals surface area contributed by atoms with Gasteiger partial charge in [-0.1, -0.05) is 176 Å². The monoisotopic (exact) mass is 855 g/mol. The van der Waals surface area contributed by atoms with Crippen LogP contribution < -0.4 is 4.90 Å². The van der Waals surface area contributed by atoms with Crippen LogP contribution in [-0.2, 0) is 0 Å². The van der Waals surface area contributed by atoms with E-state index in [1.807, 2.05) is 18.2 Å². The van der Waals surface area contributed by atoms with Crippen molar-refractivity contribution in [2.24, 2.45) is 0 Å². The third-order valence-electron chi connectivity index (χ3n) is 13.3. The molecule has 0 spiro atoms. The lowest BCUT2D eigenvalue weighted by molar-refractivity contribution is 0.668. The second kappa shape index (κ2) is 16.0. The standard InChI is InChI=1S/C64H41NO2/c1-3-13-42(14-4-1)43-23-25-44(26-24-43)45-27-32-50(33-28-45)65(59-20-10-7-17-52(59)47-15-5-2-6-16-47)51-34-29-46(30-35-51)49-39-57(48-31-36-55-54-18-8-11-21-60(54)67-63(55)41-48)53-37-38-62-64(58(53)40-49)56-19-9-12-22-61(56)66-62/h1-41H. The molecule has 0 radical (unpaired) electrons. The topological polar surface area (TPSA) is 29.5 Å². The van der Waals surface area contributed by atoms with E-state index in [1.54, 1.807) is 0 Å². The van der Waals surface area contributed by atoms with Crippen molar-refractivity contribution in [2.75, 3.05) is 4.90 Å². The van der Waals surface area contributed by atoms with Crippen molar-refractivity contribution >= 4 is 71.7 Å². The Bertz CT molecular complexity index is 3940. The predicted molar refractivity (Wildman–Crippen MR) is 280 cm³/mol. The highest BCUT2D eigenvalue weighted by Gasteiger charge is 2.20. The summed E-state index contributed by atoms with van der Waals surface area (Å²) in [4.78, 5) is 2.38. The molecule has 0 amide bonds. The van der Waals surface area contributed by atoms with Gasteiger partial charge in [-0.3, -0.25) is 0 Å². The molecule has 11 aromatic carbocycles. The van der Waals surface area contributed by atoms with Crippen LogP contribution in [0, 0.1) is 0 Å². The summed E-state index contributed by atoms with van der Waals surface area (Å²) in [6, 6.07) is 89.0.